The number of halogens is 4. The summed E-state index contributed by atoms with van der Waals surface area (Å²) in [6.07, 6.45) is -4.48. The van der Waals surface area contributed by atoms with Crippen molar-refractivity contribution in [2.24, 2.45) is 5.73 Å². The molecule has 0 aliphatic carbocycles. The summed E-state index contributed by atoms with van der Waals surface area (Å²) in [5, 5.41) is 2.20. The summed E-state index contributed by atoms with van der Waals surface area (Å²) < 4.78 is 37.0. The quantitative estimate of drug-likeness (QED) is 0.848. The highest BCUT2D eigenvalue weighted by Crippen LogP contribution is 2.33. The van der Waals surface area contributed by atoms with E-state index in [-0.39, 0.29) is 17.3 Å². The van der Waals surface area contributed by atoms with Crippen molar-refractivity contribution in [2.75, 3.05) is 11.9 Å². The van der Waals surface area contributed by atoms with Crippen LogP contribution in [0, 0.1) is 0 Å². The molecule has 0 heterocycles. The number of hydrogen-bond acceptors (Lipinski definition) is 2. The van der Waals surface area contributed by atoms with Crippen LogP contribution in [0.3, 0.4) is 0 Å². The maximum atomic E-state index is 12.3. The number of benzene rings is 1. The van der Waals surface area contributed by atoms with Crippen LogP contribution in [0.15, 0.2) is 18.2 Å². The Kier molecular flexibility index (Phi) is 3.77. The fourth-order valence-electron chi connectivity index (χ4n) is 0.999. The van der Waals surface area contributed by atoms with E-state index >= 15 is 0 Å². The minimum Gasteiger partial charge on any atom is -0.324 e. The molecule has 1 aromatic carbocycles. The predicted molar refractivity (Wildman–Crippen MR) is 54.1 cm³/mol. The van der Waals surface area contributed by atoms with Gasteiger partial charge in [-0.05, 0) is 18.2 Å². The first-order valence-electron chi connectivity index (χ1n) is 4.21. The van der Waals surface area contributed by atoms with Crippen LogP contribution < -0.4 is 11.1 Å². The van der Waals surface area contributed by atoms with E-state index in [9.17, 15) is 18.0 Å². The monoisotopic (exact) mass is 252 g/mol. The number of nitrogens with one attached hydrogen (secondary N) is 1. The molecule has 0 atom stereocenters. The van der Waals surface area contributed by atoms with E-state index in [1.165, 1.54) is 0 Å². The normalized spacial score (nSPS) is 11.3. The highest BCUT2D eigenvalue weighted by atomic mass is 35.5. The zero-order valence-electron chi connectivity index (χ0n) is 7.94. The SMILES string of the molecule is NCC(=O)Nc1cc(C(F)(F)F)ccc1Cl. The molecule has 0 spiro atoms. The smallest absolute Gasteiger partial charge is 0.324 e. The molecule has 1 aromatic rings. The Hall–Kier alpha value is -1.27. The van der Waals surface area contributed by atoms with Gasteiger partial charge in [0.05, 0.1) is 22.8 Å². The topological polar surface area (TPSA) is 55.1 Å². The second kappa shape index (κ2) is 4.71. The van der Waals surface area contributed by atoms with E-state index in [4.69, 9.17) is 17.3 Å². The van der Waals surface area contributed by atoms with E-state index < -0.39 is 17.6 Å². The first-order chi connectivity index (χ1) is 7.34. The molecule has 1 amide bonds. The number of amides is 1. The fourth-order valence-corrected chi connectivity index (χ4v) is 1.16. The lowest BCUT2D eigenvalue weighted by Gasteiger charge is -2.10. The van der Waals surface area contributed by atoms with Crippen LogP contribution in [0.1, 0.15) is 5.56 Å². The molecule has 0 unspecified atom stereocenters. The largest absolute Gasteiger partial charge is 0.416 e. The van der Waals surface area contributed by atoms with Crippen molar-refractivity contribution in [3.8, 4) is 0 Å². The minimum absolute atomic E-state index is 0.0230. The number of carbonyl (C=O) groups excluding carboxylic acids is 1. The molecule has 0 saturated heterocycles. The van der Waals surface area contributed by atoms with Gasteiger partial charge in [-0.25, -0.2) is 0 Å². The van der Waals surface area contributed by atoms with Gasteiger partial charge in [0.15, 0.2) is 0 Å². The van der Waals surface area contributed by atoms with Crippen molar-refractivity contribution in [3.05, 3.63) is 28.8 Å². The average Bonchev–Trinajstić information content (AvgIpc) is 2.19. The summed E-state index contributed by atoms with van der Waals surface area (Å²) >= 11 is 5.62. The number of alkyl halides is 3. The van der Waals surface area contributed by atoms with Crippen molar-refractivity contribution >= 4 is 23.2 Å². The molecule has 88 valence electrons. The number of rotatable bonds is 2. The van der Waals surface area contributed by atoms with Crippen molar-refractivity contribution in [1.29, 1.82) is 0 Å². The van der Waals surface area contributed by atoms with Crippen molar-refractivity contribution in [1.82, 2.24) is 0 Å². The van der Waals surface area contributed by atoms with Crippen LogP contribution in [0.5, 0.6) is 0 Å². The minimum atomic E-state index is -4.48. The van der Waals surface area contributed by atoms with Gasteiger partial charge in [-0.1, -0.05) is 11.6 Å². The van der Waals surface area contributed by atoms with Crippen LogP contribution in [0.2, 0.25) is 5.02 Å². The number of carbonyl (C=O) groups is 1. The van der Waals surface area contributed by atoms with Gasteiger partial charge in [0.1, 0.15) is 0 Å². The van der Waals surface area contributed by atoms with E-state index in [0.29, 0.717) is 0 Å². The predicted octanol–water partition coefficient (Wildman–Crippen LogP) is 2.26. The summed E-state index contributed by atoms with van der Waals surface area (Å²) in [7, 11) is 0. The van der Waals surface area contributed by atoms with Gasteiger partial charge >= 0.3 is 6.18 Å². The summed E-state index contributed by atoms with van der Waals surface area (Å²) in [5.74, 6) is -0.610. The van der Waals surface area contributed by atoms with Crippen LogP contribution in [0.4, 0.5) is 18.9 Å². The summed E-state index contributed by atoms with van der Waals surface area (Å²) in [4.78, 5) is 10.9. The number of anilines is 1. The second-order valence-electron chi connectivity index (χ2n) is 2.94. The van der Waals surface area contributed by atoms with Gasteiger partial charge in [0.25, 0.3) is 0 Å². The molecule has 1 rings (SSSR count). The van der Waals surface area contributed by atoms with Crippen LogP contribution >= 0.6 is 11.6 Å². The molecule has 0 aromatic heterocycles. The van der Waals surface area contributed by atoms with Crippen LogP contribution in [-0.4, -0.2) is 12.5 Å². The maximum Gasteiger partial charge on any atom is 0.416 e. The third-order valence-electron chi connectivity index (χ3n) is 1.75. The van der Waals surface area contributed by atoms with E-state index in [1.807, 2.05) is 0 Å². The van der Waals surface area contributed by atoms with Gasteiger partial charge in [-0.15, -0.1) is 0 Å². The number of nitrogens with two attached hydrogens (primary N) is 1. The zero-order valence-corrected chi connectivity index (χ0v) is 8.69. The lowest BCUT2D eigenvalue weighted by atomic mass is 10.2. The van der Waals surface area contributed by atoms with Crippen molar-refractivity contribution in [2.45, 2.75) is 6.18 Å². The van der Waals surface area contributed by atoms with E-state index in [2.05, 4.69) is 5.32 Å². The third-order valence-corrected chi connectivity index (χ3v) is 2.08. The van der Waals surface area contributed by atoms with Crippen LogP contribution in [-0.2, 0) is 11.0 Å². The van der Waals surface area contributed by atoms with Gasteiger partial charge in [0.2, 0.25) is 5.91 Å². The standard InChI is InChI=1S/C9H8ClF3N2O/c10-6-2-1-5(9(11,12)13)3-7(6)15-8(16)4-14/h1-3H,4,14H2,(H,15,16). The first kappa shape index (κ1) is 12.8. The molecule has 3 N–H and O–H groups in total. The van der Waals surface area contributed by atoms with Crippen LogP contribution in [0.25, 0.3) is 0 Å². The van der Waals surface area contributed by atoms with Gasteiger partial charge in [0, 0.05) is 0 Å². The molecular formula is C9H8ClF3N2O. The van der Waals surface area contributed by atoms with E-state index in [0.717, 1.165) is 18.2 Å². The van der Waals surface area contributed by atoms with Gasteiger partial charge < -0.3 is 11.1 Å². The van der Waals surface area contributed by atoms with Crippen molar-refractivity contribution < 1.29 is 18.0 Å². The Morgan fingerprint density at radius 1 is 1.44 bits per heavy atom. The Morgan fingerprint density at radius 3 is 2.56 bits per heavy atom. The Bertz CT molecular complexity index is 406. The van der Waals surface area contributed by atoms with Crippen molar-refractivity contribution in [3.63, 3.8) is 0 Å². The molecule has 3 nitrogen and oxygen atoms in total. The first-order valence-corrected chi connectivity index (χ1v) is 4.59. The number of hydrogen-bond donors (Lipinski definition) is 2. The molecule has 0 aliphatic rings. The van der Waals surface area contributed by atoms with Gasteiger partial charge in [-0.2, -0.15) is 13.2 Å². The maximum absolute atomic E-state index is 12.3. The Morgan fingerprint density at radius 2 is 2.06 bits per heavy atom. The summed E-state index contributed by atoms with van der Waals surface area (Å²) in [5.41, 5.74) is 4.03. The fraction of sp³-hybridized carbons (Fsp3) is 0.222. The van der Waals surface area contributed by atoms with E-state index in [1.54, 1.807) is 0 Å². The Balaban J connectivity index is 3.04. The summed E-state index contributed by atoms with van der Waals surface area (Å²) in [6.45, 7) is -0.327. The Labute approximate surface area is 94.4 Å². The average molecular weight is 253 g/mol. The molecule has 0 fully saturated rings. The summed E-state index contributed by atoms with van der Waals surface area (Å²) in [6, 6.07) is 2.66. The molecular weight excluding hydrogens is 245 g/mol. The molecule has 16 heavy (non-hydrogen) atoms. The molecule has 0 aliphatic heterocycles. The zero-order chi connectivity index (χ0) is 12.3. The lowest BCUT2D eigenvalue weighted by molar-refractivity contribution is -0.137. The highest BCUT2D eigenvalue weighted by molar-refractivity contribution is 6.33. The van der Waals surface area contributed by atoms with Gasteiger partial charge in [-0.3, -0.25) is 4.79 Å². The highest BCUT2D eigenvalue weighted by Gasteiger charge is 2.31. The third kappa shape index (κ3) is 3.11. The molecule has 0 saturated carbocycles. The molecule has 0 radical (unpaired) electrons. The molecule has 7 heteroatoms. The molecule has 0 bridgehead atoms. The second-order valence-corrected chi connectivity index (χ2v) is 3.35. The lowest BCUT2D eigenvalue weighted by Crippen LogP contribution is -2.22.